The molecule has 1 unspecified atom stereocenters. The van der Waals surface area contributed by atoms with Gasteiger partial charge in [-0.1, -0.05) is 36.4 Å². The molecule has 5 nitrogen and oxygen atoms in total. The number of piperazine rings is 1. The molecule has 3 heterocycles. The highest BCUT2D eigenvalue weighted by Crippen LogP contribution is 2.29. The number of pyridine rings is 1. The molecule has 2 saturated heterocycles. The number of anilines is 1. The van der Waals surface area contributed by atoms with Crippen LogP contribution in [0.1, 0.15) is 17.5 Å². The number of amides is 1. The van der Waals surface area contributed by atoms with Crippen molar-refractivity contribution in [2.45, 2.75) is 19.4 Å². The molecule has 170 valence electrons. The highest BCUT2D eigenvalue weighted by Gasteiger charge is 2.32. The maximum atomic E-state index is 13.1. The van der Waals surface area contributed by atoms with E-state index in [1.54, 1.807) is 12.4 Å². The van der Waals surface area contributed by atoms with Gasteiger partial charge in [-0.3, -0.25) is 14.7 Å². The van der Waals surface area contributed by atoms with E-state index in [0.29, 0.717) is 0 Å². The average molecular weight is 441 g/mol. The number of carbonyl (C=O) groups excluding carboxylic acids is 1. The lowest BCUT2D eigenvalue weighted by Gasteiger charge is -2.32. The quantitative estimate of drug-likeness (QED) is 0.579. The van der Waals surface area contributed by atoms with Crippen molar-refractivity contribution >= 4 is 11.6 Å². The van der Waals surface area contributed by atoms with Crippen LogP contribution in [0, 0.1) is 5.92 Å². The van der Waals surface area contributed by atoms with Gasteiger partial charge in [0.1, 0.15) is 0 Å². The Kier molecular flexibility index (Phi) is 6.51. The van der Waals surface area contributed by atoms with Gasteiger partial charge in [-0.15, -0.1) is 0 Å². The van der Waals surface area contributed by atoms with Crippen molar-refractivity contribution in [3.8, 4) is 11.1 Å². The lowest BCUT2D eigenvalue weighted by molar-refractivity contribution is -0.120. The normalized spacial score (nSPS) is 19.8. The van der Waals surface area contributed by atoms with Gasteiger partial charge in [-0.05, 0) is 66.4 Å². The second-order valence-electron chi connectivity index (χ2n) is 9.36. The molecular formula is C28H32N4O. The van der Waals surface area contributed by atoms with Crippen LogP contribution in [0.5, 0.6) is 0 Å². The third-order valence-corrected chi connectivity index (χ3v) is 7.02. The van der Waals surface area contributed by atoms with Crippen molar-refractivity contribution in [3.63, 3.8) is 0 Å². The summed E-state index contributed by atoms with van der Waals surface area (Å²) in [6, 6.07) is 21.2. The summed E-state index contributed by atoms with van der Waals surface area (Å²) in [5.74, 6) is 0.307. The fourth-order valence-corrected chi connectivity index (χ4v) is 4.89. The first-order valence-electron chi connectivity index (χ1n) is 12.0. The Labute approximate surface area is 196 Å². The number of aromatic nitrogens is 1. The number of rotatable bonds is 6. The maximum absolute atomic E-state index is 13.1. The number of hydrogen-bond donors (Lipinski definition) is 0. The van der Waals surface area contributed by atoms with E-state index < -0.39 is 0 Å². The van der Waals surface area contributed by atoms with Gasteiger partial charge in [0.25, 0.3) is 0 Å². The van der Waals surface area contributed by atoms with E-state index in [-0.39, 0.29) is 11.8 Å². The Hall–Kier alpha value is -3.02. The van der Waals surface area contributed by atoms with Crippen molar-refractivity contribution < 1.29 is 4.79 Å². The Morgan fingerprint density at radius 2 is 1.42 bits per heavy atom. The maximum Gasteiger partial charge on any atom is 0.230 e. The Bertz CT molecular complexity index is 1060. The molecule has 2 aliphatic heterocycles. The van der Waals surface area contributed by atoms with Gasteiger partial charge in [0.05, 0.1) is 0 Å². The minimum Gasteiger partial charge on any atom is -0.312 e. The van der Waals surface area contributed by atoms with Gasteiger partial charge in [0.15, 0.2) is 0 Å². The molecule has 2 aromatic carbocycles. The third kappa shape index (κ3) is 5.15. The van der Waals surface area contributed by atoms with E-state index >= 15 is 0 Å². The first-order valence-corrected chi connectivity index (χ1v) is 12.0. The molecule has 1 amide bonds. The molecule has 1 atom stereocenters. The fourth-order valence-electron chi connectivity index (χ4n) is 4.89. The van der Waals surface area contributed by atoms with E-state index in [1.165, 1.54) is 11.1 Å². The second-order valence-corrected chi connectivity index (χ2v) is 9.36. The van der Waals surface area contributed by atoms with Crippen molar-refractivity contribution in [2.75, 3.05) is 44.7 Å². The van der Waals surface area contributed by atoms with Crippen LogP contribution in [-0.4, -0.2) is 60.5 Å². The fraction of sp³-hybridized carbons (Fsp3) is 0.357. The molecule has 0 N–H and O–H groups in total. The van der Waals surface area contributed by atoms with Gasteiger partial charge in [-0.25, -0.2) is 0 Å². The molecule has 0 spiro atoms. The molecule has 0 radical (unpaired) electrons. The van der Waals surface area contributed by atoms with Crippen LogP contribution in [0.2, 0.25) is 0 Å². The molecule has 2 fully saturated rings. The molecular weight excluding hydrogens is 408 g/mol. The third-order valence-electron chi connectivity index (χ3n) is 7.02. The van der Waals surface area contributed by atoms with Crippen molar-refractivity contribution in [1.82, 2.24) is 14.8 Å². The summed E-state index contributed by atoms with van der Waals surface area (Å²) in [6.07, 6.45) is 5.33. The Balaban J connectivity index is 1.17. The van der Waals surface area contributed by atoms with Gasteiger partial charge >= 0.3 is 0 Å². The average Bonchev–Trinajstić information content (AvgIpc) is 3.22. The zero-order valence-corrected chi connectivity index (χ0v) is 19.4. The van der Waals surface area contributed by atoms with Crippen LogP contribution >= 0.6 is 0 Å². The largest absolute Gasteiger partial charge is 0.312 e. The summed E-state index contributed by atoms with van der Waals surface area (Å²) in [4.78, 5) is 24.1. The summed E-state index contributed by atoms with van der Waals surface area (Å²) in [5.41, 5.74) is 5.88. The standard InChI is InChI=1S/C28H32N4O/c1-30-16-18-31(19-17-30)21-23-4-2-22(3-5-23)20-26-12-15-32(28(26)33)27-8-6-24(7-9-27)25-10-13-29-14-11-25/h2-11,13-14,26H,12,15-21H2,1H3. The van der Waals surface area contributed by atoms with Gasteiger partial charge in [-0.2, -0.15) is 0 Å². The summed E-state index contributed by atoms with van der Waals surface area (Å²) in [7, 11) is 2.19. The van der Waals surface area contributed by atoms with Crippen molar-refractivity contribution in [2.24, 2.45) is 5.92 Å². The topological polar surface area (TPSA) is 39.7 Å². The molecule has 3 aromatic rings. The summed E-state index contributed by atoms with van der Waals surface area (Å²) in [5, 5.41) is 0. The van der Waals surface area contributed by atoms with Gasteiger partial charge < -0.3 is 9.80 Å². The number of carbonyl (C=O) groups is 1. The lowest BCUT2D eigenvalue weighted by atomic mass is 9.97. The lowest BCUT2D eigenvalue weighted by Crippen LogP contribution is -2.43. The van der Waals surface area contributed by atoms with Gasteiger partial charge in [0.2, 0.25) is 5.91 Å². The van der Waals surface area contributed by atoms with Crippen LogP contribution in [0.15, 0.2) is 73.1 Å². The monoisotopic (exact) mass is 440 g/mol. The highest BCUT2D eigenvalue weighted by molar-refractivity contribution is 5.97. The minimum atomic E-state index is 0.0633. The molecule has 0 bridgehead atoms. The van der Waals surface area contributed by atoms with Crippen molar-refractivity contribution in [3.05, 3.63) is 84.2 Å². The number of hydrogen-bond acceptors (Lipinski definition) is 4. The zero-order valence-electron chi connectivity index (χ0n) is 19.4. The van der Waals surface area contributed by atoms with Gasteiger partial charge in [0, 0.05) is 63.3 Å². The van der Waals surface area contributed by atoms with Crippen LogP contribution in [0.4, 0.5) is 5.69 Å². The van der Waals surface area contributed by atoms with Crippen LogP contribution < -0.4 is 4.90 Å². The molecule has 2 aliphatic rings. The zero-order chi connectivity index (χ0) is 22.6. The first kappa shape index (κ1) is 21.8. The van der Waals surface area contributed by atoms with E-state index in [9.17, 15) is 4.79 Å². The van der Waals surface area contributed by atoms with Crippen LogP contribution in [0.25, 0.3) is 11.1 Å². The highest BCUT2D eigenvalue weighted by atomic mass is 16.2. The second kappa shape index (κ2) is 9.86. The number of nitrogens with zero attached hydrogens (tertiary/aromatic N) is 4. The number of benzene rings is 2. The number of likely N-dealkylation sites (N-methyl/N-ethyl adjacent to an activating group) is 1. The molecule has 33 heavy (non-hydrogen) atoms. The SMILES string of the molecule is CN1CCN(Cc2ccc(CC3CCN(c4ccc(-c5ccncc5)cc4)C3=O)cc2)CC1. The molecule has 5 rings (SSSR count). The molecule has 0 saturated carbocycles. The molecule has 0 aliphatic carbocycles. The van der Waals surface area contributed by atoms with E-state index in [4.69, 9.17) is 0 Å². The molecule has 1 aromatic heterocycles. The van der Waals surface area contributed by atoms with Crippen molar-refractivity contribution in [1.29, 1.82) is 0 Å². The Morgan fingerprint density at radius 3 is 2.12 bits per heavy atom. The predicted molar refractivity (Wildman–Crippen MR) is 133 cm³/mol. The summed E-state index contributed by atoms with van der Waals surface area (Å²) >= 11 is 0. The van der Waals surface area contributed by atoms with Crippen LogP contribution in [-0.2, 0) is 17.8 Å². The van der Waals surface area contributed by atoms with E-state index in [1.807, 2.05) is 17.0 Å². The van der Waals surface area contributed by atoms with E-state index in [0.717, 1.165) is 68.9 Å². The summed E-state index contributed by atoms with van der Waals surface area (Å²) in [6.45, 7) is 6.36. The Morgan fingerprint density at radius 1 is 0.788 bits per heavy atom. The smallest absolute Gasteiger partial charge is 0.230 e. The summed E-state index contributed by atoms with van der Waals surface area (Å²) < 4.78 is 0. The first-order chi connectivity index (χ1) is 16.2. The van der Waals surface area contributed by atoms with E-state index in [2.05, 4.69) is 70.4 Å². The van der Waals surface area contributed by atoms with Crippen LogP contribution in [0.3, 0.4) is 0 Å². The predicted octanol–water partition coefficient (Wildman–Crippen LogP) is 4.09. The minimum absolute atomic E-state index is 0.0633. The molecule has 5 heteroatoms.